The summed E-state index contributed by atoms with van der Waals surface area (Å²) in [5.74, 6) is 0.480. The Morgan fingerprint density at radius 1 is 1.10 bits per heavy atom. The van der Waals surface area contributed by atoms with Crippen molar-refractivity contribution in [2.24, 2.45) is 0 Å². The monoisotopic (exact) mass is 424 g/mol. The average Bonchev–Trinajstić information content (AvgIpc) is 2.66. The maximum absolute atomic E-state index is 12.2. The number of rotatable bonds is 6. The number of piperazine rings is 1. The molecule has 0 saturated carbocycles. The number of aliphatic hydroxyl groups excluding tert-OH is 2. The molecule has 1 aliphatic rings. The number of hydrogen-bond acceptors (Lipinski definition) is 7. The topological polar surface area (TPSA) is 90.3 Å². The third-order valence-corrected chi connectivity index (χ3v) is 5.46. The molecule has 0 radical (unpaired) electrons. The highest BCUT2D eigenvalue weighted by Gasteiger charge is 2.26. The van der Waals surface area contributed by atoms with Crippen molar-refractivity contribution < 1.29 is 24.5 Å². The summed E-state index contributed by atoms with van der Waals surface area (Å²) in [5, 5.41) is 20.5. The van der Waals surface area contributed by atoms with Gasteiger partial charge in [0.15, 0.2) is 5.12 Å². The van der Waals surface area contributed by atoms with Gasteiger partial charge >= 0.3 is 6.09 Å². The van der Waals surface area contributed by atoms with Gasteiger partial charge < -0.3 is 24.7 Å². The summed E-state index contributed by atoms with van der Waals surface area (Å²) in [7, 11) is 0. The van der Waals surface area contributed by atoms with Crippen molar-refractivity contribution in [3.63, 3.8) is 0 Å². The van der Waals surface area contributed by atoms with E-state index in [4.69, 9.17) is 4.74 Å². The molecule has 1 aromatic rings. The lowest BCUT2D eigenvalue weighted by Gasteiger charge is -2.36. The number of carbonyl (C=O) groups is 2. The van der Waals surface area contributed by atoms with Gasteiger partial charge in [0, 0.05) is 44.5 Å². The van der Waals surface area contributed by atoms with Crippen LogP contribution in [0.1, 0.15) is 45.8 Å². The fourth-order valence-electron chi connectivity index (χ4n) is 3.06. The number of thioether (sulfide) groups is 1. The highest BCUT2D eigenvalue weighted by atomic mass is 32.2. The third-order valence-electron chi connectivity index (χ3n) is 4.61. The van der Waals surface area contributed by atoms with Crippen LogP contribution in [0.5, 0.6) is 0 Å². The maximum atomic E-state index is 12.2. The van der Waals surface area contributed by atoms with Gasteiger partial charge in [-0.2, -0.15) is 0 Å². The highest BCUT2D eigenvalue weighted by Crippen LogP contribution is 2.24. The molecule has 2 rings (SSSR count). The van der Waals surface area contributed by atoms with Crippen LogP contribution in [0, 0.1) is 0 Å². The Kier molecular flexibility index (Phi) is 8.36. The molecule has 0 aliphatic carbocycles. The van der Waals surface area contributed by atoms with Crippen molar-refractivity contribution in [1.29, 1.82) is 0 Å². The number of carbonyl (C=O) groups excluding carboxylic acids is 2. The molecule has 1 heterocycles. The fourth-order valence-corrected chi connectivity index (χ4v) is 3.71. The lowest BCUT2D eigenvalue weighted by Crippen LogP contribution is -2.50. The van der Waals surface area contributed by atoms with Crippen molar-refractivity contribution in [3.8, 4) is 0 Å². The van der Waals surface area contributed by atoms with E-state index in [1.54, 1.807) is 4.90 Å². The normalized spacial score (nSPS) is 17.0. The molecule has 0 bridgehead atoms. The van der Waals surface area contributed by atoms with Gasteiger partial charge in [0.05, 0.1) is 6.10 Å². The second-order valence-corrected chi connectivity index (χ2v) is 9.46. The average molecular weight is 425 g/mol. The van der Waals surface area contributed by atoms with Crippen LogP contribution >= 0.6 is 11.8 Å². The molecule has 29 heavy (non-hydrogen) atoms. The first kappa shape index (κ1) is 23.5. The standard InChI is InChI=1S/C21H32N2O5S/c1-15(24)29-14-9-18(25)19(26)16-5-7-17(8-6-16)22-10-12-23(13-11-22)20(27)28-21(2,3)4/h5-8,18-19,25-26H,9-14H2,1-4H3. The largest absolute Gasteiger partial charge is 0.444 e. The van der Waals surface area contributed by atoms with Gasteiger partial charge in [-0.15, -0.1) is 0 Å². The number of benzene rings is 1. The van der Waals surface area contributed by atoms with E-state index in [2.05, 4.69) is 4.90 Å². The quantitative estimate of drug-likeness (QED) is 0.726. The van der Waals surface area contributed by atoms with E-state index in [0.29, 0.717) is 43.9 Å². The first-order chi connectivity index (χ1) is 13.6. The highest BCUT2D eigenvalue weighted by molar-refractivity contribution is 8.13. The Hall–Kier alpha value is -1.77. The van der Waals surface area contributed by atoms with Gasteiger partial charge in [-0.1, -0.05) is 23.9 Å². The fraction of sp³-hybridized carbons (Fsp3) is 0.619. The van der Waals surface area contributed by atoms with Crippen LogP contribution in [0.2, 0.25) is 0 Å². The minimum Gasteiger partial charge on any atom is -0.444 e. The summed E-state index contributed by atoms with van der Waals surface area (Å²) in [6.07, 6.45) is -1.84. The van der Waals surface area contributed by atoms with Crippen LogP contribution in [0.15, 0.2) is 24.3 Å². The van der Waals surface area contributed by atoms with Crippen LogP contribution < -0.4 is 4.90 Å². The molecule has 1 amide bonds. The molecular formula is C21H32N2O5S. The van der Waals surface area contributed by atoms with E-state index >= 15 is 0 Å². The summed E-state index contributed by atoms with van der Waals surface area (Å²) in [6, 6.07) is 7.45. The molecule has 7 nitrogen and oxygen atoms in total. The first-order valence-electron chi connectivity index (χ1n) is 9.89. The lowest BCUT2D eigenvalue weighted by atomic mass is 10.0. The Morgan fingerprint density at radius 3 is 2.21 bits per heavy atom. The number of nitrogens with zero attached hydrogens (tertiary/aromatic N) is 2. The zero-order chi connectivity index (χ0) is 21.6. The smallest absolute Gasteiger partial charge is 0.410 e. The second kappa shape index (κ2) is 10.3. The summed E-state index contributed by atoms with van der Waals surface area (Å²) >= 11 is 1.14. The predicted molar refractivity (Wildman–Crippen MR) is 115 cm³/mol. The third kappa shape index (κ3) is 7.53. The van der Waals surface area contributed by atoms with Crippen molar-refractivity contribution in [2.45, 2.75) is 51.9 Å². The Balaban J connectivity index is 1.86. The van der Waals surface area contributed by atoms with Gasteiger partial charge in [0.1, 0.15) is 11.7 Å². The zero-order valence-electron chi connectivity index (χ0n) is 17.6. The van der Waals surface area contributed by atoms with Crippen molar-refractivity contribution in [1.82, 2.24) is 4.90 Å². The van der Waals surface area contributed by atoms with Gasteiger partial charge in [-0.3, -0.25) is 4.79 Å². The summed E-state index contributed by atoms with van der Waals surface area (Å²) in [6.45, 7) is 9.64. The number of amides is 1. The van der Waals surface area contributed by atoms with Crippen LogP contribution in [-0.2, 0) is 9.53 Å². The summed E-state index contributed by atoms with van der Waals surface area (Å²) in [5.41, 5.74) is 1.15. The predicted octanol–water partition coefficient (Wildman–Crippen LogP) is 2.81. The summed E-state index contributed by atoms with van der Waals surface area (Å²) < 4.78 is 5.42. The van der Waals surface area contributed by atoms with Crippen LogP contribution in [0.3, 0.4) is 0 Å². The van der Waals surface area contributed by atoms with E-state index < -0.39 is 17.8 Å². The molecule has 8 heteroatoms. The number of ether oxygens (including phenoxy) is 1. The van der Waals surface area contributed by atoms with E-state index in [1.807, 2.05) is 45.0 Å². The molecule has 2 atom stereocenters. The van der Waals surface area contributed by atoms with Crippen molar-refractivity contribution >= 4 is 28.7 Å². The Labute approximate surface area is 177 Å². The molecule has 2 N–H and O–H groups in total. The Bertz CT molecular complexity index is 681. The van der Waals surface area contributed by atoms with E-state index in [0.717, 1.165) is 17.4 Å². The first-order valence-corrected chi connectivity index (χ1v) is 10.9. The van der Waals surface area contributed by atoms with Crippen LogP contribution in [0.25, 0.3) is 0 Å². The minimum absolute atomic E-state index is 0.00260. The Morgan fingerprint density at radius 2 is 1.69 bits per heavy atom. The number of hydrogen-bond donors (Lipinski definition) is 2. The molecule has 2 unspecified atom stereocenters. The molecule has 162 valence electrons. The van der Waals surface area contributed by atoms with Crippen LogP contribution in [0.4, 0.5) is 10.5 Å². The molecule has 1 saturated heterocycles. The van der Waals surface area contributed by atoms with Crippen molar-refractivity contribution in [2.75, 3.05) is 36.8 Å². The van der Waals surface area contributed by atoms with Crippen molar-refractivity contribution in [3.05, 3.63) is 29.8 Å². The van der Waals surface area contributed by atoms with Crippen LogP contribution in [-0.4, -0.2) is 70.0 Å². The molecular weight excluding hydrogens is 392 g/mol. The van der Waals surface area contributed by atoms with E-state index in [1.165, 1.54) is 6.92 Å². The number of anilines is 1. The maximum Gasteiger partial charge on any atom is 0.410 e. The SMILES string of the molecule is CC(=O)SCCC(O)C(O)c1ccc(N2CCN(C(=O)OC(C)(C)C)CC2)cc1. The van der Waals surface area contributed by atoms with Gasteiger partial charge in [-0.25, -0.2) is 4.79 Å². The van der Waals surface area contributed by atoms with Gasteiger partial charge in [-0.05, 0) is 44.9 Å². The molecule has 1 aliphatic heterocycles. The summed E-state index contributed by atoms with van der Waals surface area (Å²) in [4.78, 5) is 27.0. The molecule has 0 aromatic heterocycles. The molecule has 1 fully saturated rings. The van der Waals surface area contributed by atoms with E-state index in [9.17, 15) is 19.8 Å². The minimum atomic E-state index is -0.986. The van der Waals surface area contributed by atoms with Gasteiger partial charge in [0.25, 0.3) is 0 Å². The second-order valence-electron chi connectivity index (χ2n) is 8.19. The zero-order valence-corrected chi connectivity index (χ0v) is 18.4. The van der Waals surface area contributed by atoms with E-state index in [-0.39, 0.29) is 11.2 Å². The van der Waals surface area contributed by atoms with Gasteiger partial charge in [0.2, 0.25) is 0 Å². The lowest BCUT2D eigenvalue weighted by molar-refractivity contribution is -0.109. The molecule has 0 spiro atoms. The number of aliphatic hydroxyl groups is 2. The molecule has 1 aromatic carbocycles.